The van der Waals surface area contributed by atoms with Crippen LogP contribution < -0.4 is 10.2 Å². The van der Waals surface area contributed by atoms with Gasteiger partial charge in [0.25, 0.3) is 0 Å². The standard InChI is InChI=1S/C20H30N6O3Si/c1-20(2)16-17(25(19(20)28)12-29-6-7-30(3,4)5)22-11-23-18(16)26-9-13-14(24-26)8-21-15(13)10-27/h9,11,15,21,27H,6-8,10,12H2,1-5H3/t15-/m1/s1. The van der Waals surface area contributed by atoms with Crippen LogP contribution >= 0.6 is 0 Å². The molecule has 30 heavy (non-hydrogen) atoms. The Bertz CT molecular complexity index is 968. The molecule has 0 spiro atoms. The van der Waals surface area contributed by atoms with Gasteiger partial charge in [0.15, 0.2) is 5.82 Å². The fourth-order valence-corrected chi connectivity index (χ4v) is 4.71. The molecular formula is C20H30N6O3Si. The first-order chi connectivity index (χ1) is 14.1. The lowest BCUT2D eigenvalue weighted by Crippen LogP contribution is -2.38. The summed E-state index contributed by atoms with van der Waals surface area (Å²) in [5.74, 6) is 1.12. The van der Waals surface area contributed by atoms with Gasteiger partial charge in [-0.05, 0) is 19.9 Å². The van der Waals surface area contributed by atoms with E-state index < -0.39 is 13.5 Å². The van der Waals surface area contributed by atoms with Crippen LogP contribution in [0.5, 0.6) is 0 Å². The third-order valence-electron chi connectivity index (χ3n) is 5.80. The van der Waals surface area contributed by atoms with Crippen molar-refractivity contribution in [2.45, 2.75) is 57.5 Å². The maximum atomic E-state index is 13.2. The number of hydrogen-bond donors (Lipinski definition) is 2. The number of ether oxygens (including phenoxy) is 1. The molecule has 2 aliphatic heterocycles. The van der Waals surface area contributed by atoms with Crippen molar-refractivity contribution in [2.24, 2.45) is 0 Å². The molecule has 0 bridgehead atoms. The summed E-state index contributed by atoms with van der Waals surface area (Å²) in [7, 11) is -1.20. The molecule has 1 atom stereocenters. The number of amides is 1. The quantitative estimate of drug-likeness (QED) is 0.509. The highest BCUT2D eigenvalue weighted by Gasteiger charge is 2.48. The average molecular weight is 431 g/mol. The van der Waals surface area contributed by atoms with Crippen LogP contribution in [0.3, 0.4) is 0 Å². The van der Waals surface area contributed by atoms with E-state index in [1.165, 1.54) is 6.33 Å². The second-order valence-corrected chi connectivity index (χ2v) is 15.3. The third kappa shape index (κ3) is 3.57. The van der Waals surface area contributed by atoms with Gasteiger partial charge in [-0.1, -0.05) is 19.6 Å². The molecule has 0 aliphatic carbocycles. The summed E-state index contributed by atoms with van der Waals surface area (Å²) in [5, 5.41) is 17.4. The highest BCUT2D eigenvalue weighted by atomic mass is 28.3. The van der Waals surface area contributed by atoms with E-state index in [1.807, 2.05) is 20.0 Å². The summed E-state index contributed by atoms with van der Waals surface area (Å²) in [5.41, 5.74) is 1.80. The van der Waals surface area contributed by atoms with Gasteiger partial charge in [-0.2, -0.15) is 5.10 Å². The van der Waals surface area contributed by atoms with Crippen molar-refractivity contribution < 1.29 is 14.6 Å². The zero-order valence-electron chi connectivity index (χ0n) is 18.3. The van der Waals surface area contributed by atoms with Crippen LogP contribution in [0, 0.1) is 0 Å². The van der Waals surface area contributed by atoms with Gasteiger partial charge < -0.3 is 15.2 Å². The number of nitrogens with zero attached hydrogens (tertiary/aromatic N) is 5. The molecule has 2 aromatic rings. The molecule has 10 heteroatoms. The average Bonchev–Trinajstić information content (AvgIpc) is 3.31. The van der Waals surface area contributed by atoms with Crippen LogP contribution in [0.4, 0.5) is 5.82 Å². The Morgan fingerprint density at radius 1 is 1.30 bits per heavy atom. The molecule has 0 saturated heterocycles. The van der Waals surface area contributed by atoms with Gasteiger partial charge in [0.2, 0.25) is 5.91 Å². The number of hydrogen-bond acceptors (Lipinski definition) is 7. The first kappa shape index (κ1) is 21.1. The second-order valence-electron chi connectivity index (χ2n) is 9.69. The summed E-state index contributed by atoms with van der Waals surface area (Å²) < 4.78 is 7.57. The smallest absolute Gasteiger partial charge is 0.240 e. The summed E-state index contributed by atoms with van der Waals surface area (Å²) in [6.07, 6.45) is 3.35. The molecule has 9 nitrogen and oxygen atoms in total. The van der Waals surface area contributed by atoms with E-state index >= 15 is 0 Å². The monoisotopic (exact) mass is 430 g/mol. The number of aliphatic hydroxyl groups excluding tert-OH is 1. The maximum absolute atomic E-state index is 13.2. The Labute approximate surface area is 177 Å². The zero-order valence-corrected chi connectivity index (χ0v) is 19.3. The Hall–Kier alpha value is -2.14. The number of carbonyl (C=O) groups excluding carboxylic acids is 1. The van der Waals surface area contributed by atoms with Gasteiger partial charge >= 0.3 is 0 Å². The summed E-state index contributed by atoms with van der Waals surface area (Å²) >= 11 is 0. The van der Waals surface area contributed by atoms with E-state index in [-0.39, 0.29) is 25.3 Å². The molecule has 1 amide bonds. The normalized spacial score (nSPS) is 20.0. The molecule has 0 saturated carbocycles. The minimum Gasteiger partial charge on any atom is -0.394 e. The minimum absolute atomic E-state index is 0.00704. The van der Waals surface area contributed by atoms with E-state index in [2.05, 4.69) is 40.0 Å². The molecule has 2 aliphatic rings. The van der Waals surface area contributed by atoms with Crippen molar-refractivity contribution in [1.29, 1.82) is 0 Å². The Balaban J connectivity index is 1.65. The highest BCUT2D eigenvalue weighted by Crippen LogP contribution is 2.42. The number of rotatable bonds is 7. The van der Waals surface area contributed by atoms with Crippen molar-refractivity contribution in [3.05, 3.63) is 29.3 Å². The number of carbonyl (C=O) groups is 1. The van der Waals surface area contributed by atoms with E-state index in [9.17, 15) is 9.90 Å². The molecule has 4 rings (SSSR count). The van der Waals surface area contributed by atoms with Gasteiger partial charge in [-0.15, -0.1) is 0 Å². The zero-order chi connectivity index (χ0) is 21.7. The van der Waals surface area contributed by atoms with E-state index in [1.54, 1.807) is 9.58 Å². The van der Waals surface area contributed by atoms with Gasteiger partial charge in [-0.25, -0.2) is 14.6 Å². The van der Waals surface area contributed by atoms with E-state index in [0.717, 1.165) is 22.9 Å². The summed E-state index contributed by atoms with van der Waals surface area (Å²) in [4.78, 5) is 23.7. The molecule has 2 N–H and O–H groups in total. The lowest BCUT2D eigenvalue weighted by Gasteiger charge is -2.21. The van der Waals surface area contributed by atoms with Crippen molar-refractivity contribution >= 4 is 19.8 Å². The van der Waals surface area contributed by atoms with Gasteiger partial charge in [0, 0.05) is 33.0 Å². The summed E-state index contributed by atoms with van der Waals surface area (Å²) in [6, 6.07) is 0.911. The van der Waals surface area contributed by atoms with E-state index in [0.29, 0.717) is 24.8 Å². The molecule has 162 valence electrons. The molecule has 0 aromatic carbocycles. The Kier molecular flexibility index (Phi) is 5.29. The predicted molar refractivity (Wildman–Crippen MR) is 115 cm³/mol. The molecular weight excluding hydrogens is 400 g/mol. The molecule has 0 unspecified atom stereocenters. The molecule has 0 fully saturated rings. The number of nitrogens with one attached hydrogen (secondary N) is 1. The van der Waals surface area contributed by atoms with E-state index in [4.69, 9.17) is 4.74 Å². The van der Waals surface area contributed by atoms with Crippen molar-refractivity contribution in [2.75, 3.05) is 24.8 Å². The Morgan fingerprint density at radius 2 is 2.03 bits per heavy atom. The van der Waals surface area contributed by atoms with Crippen LogP contribution in [-0.2, 0) is 21.5 Å². The number of fused-ring (bicyclic) bond motifs is 2. The Morgan fingerprint density at radius 3 is 2.73 bits per heavy atom. The largest absolute Gasteiger partial charge is 0.394 e. The van der Waals surface area contributed by atoms with Crippen LogP contribution in [-0.4, -0.2) is 58.8 Å². The third-order valence-corrected chi connectivity index (χ3v) is 7.50. The van der Waals surface area contributed by atoms with Crippen LogP contribution in [0.2, 0.25) is 25.7 Å². The molecule has 2 aromatic heterocycles. The fourth-order valence-electron chi connectivity index (χ4n) is 3.95. The van der Waals surface area contributed by atoms with Gasteiger partial charge in [-0.3, -0.25) is 9.69 Å². The predicted octanol–water partition coefficient (Wildman–Crippen LogP) is 1.74. The highest BCUT2D eigenvalue weighted by molar-refractivity contribution is 6.76. The first-order valence-corrected chi connectivity index (χ1v) is 14.0. The van der Waals surface area contributed by atoms with Crippen LogP contribution in [0.15, 0.2) is 12.5 Å². The fraction of sp³-hybridized carbons (Fsp3) is 0.600. The number of anilines is 1. The van der Waals surface area contributed by atoms with Crippen molar-refractivity contribution in [3.8, 4) is 5.82 Å². The van der Waals surface area contributed by atoms with Gasteiger partial charge in [0.1, 0.15) is 18.9 Å². The summed E-state index contributed by atoms with van der Waals surface area (Å²) in [6.45, 7) is 12.1. The number of aliphatic hydroxyl groups is 1. The van der Waals surface area contributed by atoms with Gasteiger partial charge in [0.05, 0.1) is 29.3 Å². The van der Waals surface area contributed by atoms with Crippen LogP contribution in [0.1, 0.15) is 36.7 Å². The lowest BCUT2D eigenvalue weighted by molar-refractivity contribution is -0.123. The number of aromatic nitrogens is 4. The maximum Gasteiger partial charge on any atom is 0.240 e. The van der Waals surface area contributed by atoms with Crippen molar-refractivity contribution in [3.63, 3.8) is 0 Å². The second kappa shape index (κ2) is 7.52. The molecule has 4 heterocycles. The topological polar surface area (TPSA) is 105 Å². The first-order valence-electron chi connectivity index (χ1n) is 10.3. The lowest BCUT2D eigenvalue weighted by atomic mass is 9.87. The molecule has 0 radical (unpaired) electrons. The SMILES string of the molecule is CC1(C)C(=O)N(COCC[Si](C)(C)C)c2ncnc(-n3cc4c(n3)CN[C@@H]4CO)c21. The van der Waals surface area contributed by atoms with Crippen molar-refractivity contribution in [1.82, 2.24) is 25.1 Å². The van der Waals surface area contributed by atoms with Crippen LogP contribution in [0.25, 0.3) is 5.82 Å². The minimum atomic E-state index is -1.20.